The average Bonchev–Trinajstić information content (AvgIpc) is 2.68. The topological polar surface area (TPSA) is 41.5 Å². The van der Waals surface area contributed by atoms with Gasteiger partial charge in [0.15, 0.2) is 0 Å². The summed E-state index contributed by atoms with van der Waals surface area (Å²) in [5.74, 6) is 0.829. The van der Waals surface area contributed by atoms with Crippen molar-refractivity contribution < 1.29 is 9.84 Å². The summed E-state index contributed by atoms with van der Waals surface area (Å²) in [6.07, 6.45) is 0.766. The zero-order valence-corrected chi connectivity index (χ0v) is 8.99. The Morgan fingerprint density at radius 2 is 2.40 bits per heavy atom. The number of aliphatic hydroxyl groups is 1. The van der Waals surface area contributed by atoms with Gasteiger partial charge in [0.2, 0.25) is 0 Å². The van der Waals surface area contributed by atoms with Gasteiger partial charge in [0.25, 0.3) is 0 Å². The van der Waals surface area contributed by atoms with Gasteiger partial charge in [-0.1, -0.05) is 12.1 Å². The molecular formula is C12H17NO2. The molecule has 1 heterocycles. The van der Waals surface area contributed by atoms with Gasteiger partial charge in [0, 0.05) is 6.54 Å². The Morgan fingerprint density at radius 1 is 1.53 bits per heavy atom. The number of rotatable bonds is 3. The molecule has 0 amide bonds. The predicted octanol–water partition coefficient (Wildman–Crippen LogP) is 1.27. The number of hydrogen-bond donors (Lipinski definition) is 2. The second kappa shape index (κ2) is 4.21. The van der Waals surface area contributed by atoms with Crippen LogP contribution in [0.5, 0.6) is 5.75 Å². The molecule has 0 bridgehead atoms. The van der Waals surface area contributed by atoms with Crippen molar-refractivity contribution in [2.45, 2.75) is 18.9 Å². The zero-order valence-electron chi connectivity index (χ0n) is 8.99. The lowest BCUT2D eigenvalue weighted by Gasteiger charge is -2.22. The SMILES string of the molecule is CCOc1cccc(C2(O)CCNC2)c1. The Bertz CT molecular complexity index is 332. The van der Waals surface area contributed by atoms with E-state index in [4.69, 9.17) is 4.74 Å². The molecule has 2 rings (SSSR count). The van der Waals surface area contributed by atoms with Gasteiger partial charge in [0.1, 0.15) is 11.4 Å². The minimum atomic E-state index is -0.715. The summed E-state index contributed by atoms with van der Waals surface area (Å²) in [6, 6.07) is 7.72. The van der Waals surface area contributed by atoms with Crippen molar-refractivity contribution in [3.8, 4) is 5.75 Å². The quantitative estimate of drug-likeness (QED) is 0.784. The molecule has 1 aromatic carbocycles. The highest BCUT2D eigenvalue weighted by Crippen LogP contribution is 2.29. The van der Waals surface area contributed by atoms with E-state index in [-0.39, 0.29) is 0 Å². The molecule has 1 fully saturated rings. The van der Waals surface area contributed by atoms with E-state index in [1.54, 1.807) is 0 Å². The molecule has 0 radical (unpaired) electrons. The maximum atomic E-state index is 10.3. The van der Waals surface area contributed by atoms with Crippen LogP contribution in [0.15, 0.2) is 24.3 Å². The average molecular weight is 207 g/mol. The fraction of sp³-hybridized carbons (Fsp3) is 0.500. The molecule has 0 aromatic heterocycles. The smallest absolute Gasteiger partial charge is 0.119 e. The summed E-state index contributed by atoms with van der Waals surface area (Å²) in [7, 11) is 0. The first kappa shape index (κ1) is 10.5. The minimum Gasteiger partial charge on any atom is -0.494 e. The maximum absolute atomic E-state index is 10.3. The standard InChI is InChI=1S/C12H17NO2/c1-2-15-11-5-3-4-10(8-11)12(14)6-7-13-9-12/h3-5,8,13-14H,2,6-7,9H2,1H3. The van der Waals surface area contributed by atoms with Crippen LogP contribution in [-0.2, 0) is 5.60 Å². The number of hydrogen-bond acceptors (Lipinski definition) is 3. The molecule has 2 N–H and O–H groups in total. The summed E-state index contributed by atoms with van der Waals surface area (Å²) in [4.78, 5) is 0. The number of benzene rings is 1. The molecule has 1 aliphatic heterocycles. The van der Waals surface area contributed by atoms with E-state index >= 15 is 0 Å². The van der Waals surface area contributed by atoms with E-state index in [1.165, 1.54) is 0 Å². The predicted molar refractivity (Wildman–Crippen MR) is 59.0 cm³/mol. The molecule has 1 aliphatic rings. The third-order valence-corrected chi connectivity index (χ3v) is 2.82. The molecule has 0 saturated carbocycles. The van der Waals surface area contributed by atoms with E-state index in [1.807, 2.05) is 31.2 Å². The van der Waals surface area contributed by atoms with Crippen molar-refractivity contribution >= 4 is 0 Å². The number of β-amino-alcohol motifs (C(OH)–C–C–N with tert-alkyl or cyclic N) is 1. The van der Waals surface area contributed by atoms with Crippen LogP contribution < -0.4 is 10.1 Å². The monoisotopic (exact) mass is 207 g/mol. The highest BCUT2D eigenvalue weighted by Gasteiger charge is 2.32. The Hall–Kier alpha value is -1.06. The first-order chi connectivity index (χ1) is 7.24. The van der Waals surface area contributed by atoms with Gasteiger partial charge in [-0.25, -0.2) is 0 Å². The van der Waals surface area contributed by atoms with Crippen molar-refractivity contribution in [3.63, 3.8) is 0 Å². The third-order valence-electron chi connectivity index (χ3n) is 2.82. The molecule has 1 aromatic rings. The van der Waals surface area contributed by atoms with Crippen LogP contribution in [0.3, 0.4) is 0 Å². The van der Waals surface area contributed by atoms with Crippen LogP contribution in [0.1, 0.15) is 18.9 Å². The molecule has 82 valence electrons. The summed E-state index contributed by atoms with van der Waals surface area (Å²) < 4.78 is 5.42. The molecular weight excluding hydrogens is 190 g/mol. The minimum absolute atomic E-state index is 0.628. The molecule has 1 saturated heterocycles. The van der Waals surface area contributed by atoms with E-state index in [2.05, 4.69) is 5.32 Å². The van der Waals surface area contributed by atoms with E-state index in [9.17, 15) is 5.11 Å². The molecule has 0 aliphatic carbocycles. The summed E-state index contributed by atoms with van der Waals surface area (Å²) in [5, 5.41) is 13.5. The molecule has 3 heteroatoms. The van der Waals surface area contributed by atoms with Crippen LogP contribution in [0, 0.1) is 0 Å². The highest BCUT2D eigenvalue weighted by atomic mass is 16.5. The normalized spacial score (nSPS) is 25.5. The fourth-order valence-electron chi connectivity index (χ4n) is 1.97. The van der Waals surface area contributed by atoms with Crippen molar-refractivity contribution in [3.05, 3.63) is 29.8 Å². The molecule has 15 heavy (non-hydrogen) atoms. The summed E-state index contributed by atoms with van der Waals surface area (Å²) in [5.41, 5.74) is 0.228. The van der Waals surface area contributed by atoms with Gasteiger partial charge < -0.3 is 15.2 Å². The number of nitrogens with one attached hydrogen (secondary N) is 1. The lowest BCUT2D eigenvalue weighted by atomic mass is 9.93. The molecule has 0 spiro atoms. The molecule has 1 unspecified atom stereocenters. The van der Waals surface area contributed by atoms with Crippen LogP contribution in [0.25, 0.3) is 0 Å². The molecule has 3 nitrogen and oxygen atoms in total. The largest absolute Gasteiger partial charge is 0.494 e. The van der Waals surface area contributed by atoms with E-state index in [0.29, 0.717) is 13.2 Å². The highest BCUT2D eigenvalue weighted by molar-refractivity contribution is 5.33. The van der Waals surface area contributed by atoms with Crippen molar-refractivity contribution in [2.75, 3.05) is 19.7 Å². The number of ether oxygens (including phenoxy) is 1. The van der Waals surface area contributed by atoms with Gasteiger partial charge in [-0.15, -0.1) is 0 Å². The first-order valence-corrected chi connectivity index (χ1v) is 5.41. The second-order valence-electron chi connectivity index (χ2n) is 3.92. The van der Waals surface area contributed by atoms with Gasteiger partial charge in [-0.3, -0.25) is 0 Å². The second-order valence-corrected chi connectivity index (χ2v) is 3.92. The van der Waals surface area contributed by atoms with Crippen molar-refractivity contribution in [1.82, 2.24) is 5.32 Å². The summed E-state index contributed by atoms with van der Waals surface area (Å²) in [6.45, 7) is 4.11. The maximum Gasteiger partial charge on any atom is 0.119 e. The summed E-state index contributed by atoms with van der Waals surface area (Å²) >= 11 is 0. The van der Waals surface area contributed by atoms with Gasteiger partial charge in [-0.05, 0) is 37.6 Å². The van der Waals surface area contributed by atoms with Crippen LogP contribution in [0.2, 0.25) is 0 Å². The lowest BCUT2D eigenvalue weighted by Crippen LogP contribution is -2.28. The van der Waals surface area contributed by atoms with Crippen LogP contribution >= 0.6 is 0 Å². The zero-order chi connectivity index (χ0) is 10.7. The van der Waals surface area contributed by atoms with Crippen molar-refractivity contribution in [2.24, 2.45) is 0 Å². The first-order valence-electron chi connectivity index (χ1n) is 5.41. The van der Waals surface area contributed by atoms with E-state index in [0.717, 1.165) is 24.3 Å². The van der Waals surface area contributed by atoms with Gasteiger partial charge >= 0.3 is 0 Å². The Kier molecular flexibility index (Phi) is 2.93. The Balaban J connectivity index is 2.23. The third kappa shape index (κ3) is 2.13. The van der Waals surface area contributed by atoms with Crippen LogP contribution in [0.4, 0.5) is 0 Å². The van der Waals surface area contributed by atoms with Gasteiger partial charge in [0.05, 0.1) is 6.61 Å². The molecule has 1 atom stereocenters. The fourth-order valence-corrected chi connectivity index (χ4v) is 1.97. The van der Waals surface area contributed by atoms with E-state index < -0.39 is 5.60 Å². The Morgan fingerprint density at radius 3 is 3.07 bits per heavy atom. The van der Waals surface area contributed by atoms with Crippen molar-refractivity contribution in [1.29, 1.82) is 0 Å². The lowest BCUT2D eigenvalue weighted by molar-refractivity contribution is 0.0584. The van der Waals surface area contributed by atoms with Gasteiger partial charge in [-0.2, -0.15) is 0 Å². The Labute approximate surface area is 90.1 Å². The van der Waals surface area contributed by atoms with Crippen LogP contribution in [-0.4, -0.2) is 24.8 Å².